The highest BCUT2D eigenvalue weighted by Gasteiger charge is 2.24. The Bertz CT molecular complexity index is 452. The number of halogens is 1. The average molecular weight is 294 g/mol. The summed E-state index contributed by atoms with van der Waals surface area (Å²) < 4.78 is 18.7. The fourth-order valence-electron chi connectivity index (χ4n) is 3.39. The summed E-state index contributed by atoms with van der Waals surface area (Å²) in [5.74, 6) is 0.718. The van der Waals surface area contributed by atoms with Crippen LogP contribution < -0.4 is 10.1 Å². The van der Waals surface area contributed by atoms with Crippen molar-refractivity contribution >= 4 is 0 Å². The fraction of sp³-hybridized carbons (Fsp3) is 0.647. The number of methoxy groups -OCH3 is 1. The summed E-state index contributed by atoms with van der Waals surface area (Å²) in [6, 6.07) is 5.84. The largest absolute Gasteiger partial charge is 0.494 e. The van der Waals surface area contributed by atoms with Gasteiger partial charge in [-0.2, -0.15) is 0 Å². The number of nitrogens with one attached hydrogen (secondary N) is 1. The second kappa shape index (κ2) is 7.76. The molecule has 0 amide bonds. The predicted octanol–water partition coefficient (Wildman–Crippen LogP) is 3.04. The van der Waals surface area contributed by atoms with Crippen LogP contribution in [0.25, 0.3) is 0 Å². The summed E-state index contributed by atoms with van der Waals surface area (Å²) in [6.07, 6.45) is 5.21. The zero-order valence-corrected chi connectivity index (χ0v) is 13.4. The monoisotopic (exact) mass is 294 g/mol. The first kappa shape index (κ1) is 16.2. The second-order valence-electron chi connectivity index (χ2n) is 6.11. The van der Waals surface area contributed by atoms with Gasteiger partial charge in [-0.3, -0.25) is 0 Å². The number of hydrogen-bond donors (Lipinski definition) is 1. The van der Waals surface area contributed by atoms with Gasteiger partial charge in [0.2, 0.25) is 0 Å². The minimum absolute atomic E-state index is 0.283. The third-order valence-corrected chi connectivity index (χ3v) is 4.49. The Kier molecular flexibility index (Phi) is 6.00. The van der Waals surface area contributed by atoms with Gasteiger partial charge in [-0.25, -0.2) is 4.39 Å². The Morgan fingerprint density at radius 1 is 1.33 bits per heavy atom. The Hall–Kier alpha value is -1.13. The topological polar surface area (TPSA) is 24.5 Å². The van der Waals surface area contributed by atoms with Crippen LogP contribution in [0.15, 0.2) is 18.2 Å². The minimum atomic E-state index is -0.283. The third kappa shape index (κ3) is 4.42. The van der Waals surface area contributed by atoms with Crippen LogP contribution in [0.4, 0.5) is 4.39 Å². The van der Waals surface area contributed by atoms with Gasteiger partial charge < -0.3 is 15.0 Å². The van der Waals surface area contributed by atoms with Crippen LogP contribution in [-0.2, 0) is 6.54 Å². The van der Waals surface area contributed by atoms with Crippen LogP contribution in [0.2, 0.25) is 0 Å². The summed E-state index contributed by atoms with van der Waals surface area (Å²) in [4.78, 5) is 2.29. The molecule has 1 aromatic rings. The Morgan fingerprint density at radius 2 is 2.10 bits per heavy atom. The third-order valence-electron chi connectivity index (χ3n) is 4.49. The van der Waals surface area contributed by atoms with E-state index in [1.54, 1.807) is 12.1 Å². The lowest BCUT2D eigenvalue weighted by molar-refractivity contribution is 0.190. The van der Waals surface area contributed by atoms with Gasteiger partial charge in [-0.05, 0) is 50.6 Å². The number of benzene rings is 1. The number of hydrogen-bond acceptors (Lipinski definition) is 3. The van der Waals surface area contributed by atoms with Crippen LogP contribution in [0, 0.1) is 11.7 Å². The SMILES string of the molecule is CNC1CCCCC1CN(C)Cc1ccc(OC)c(F)c1. The van der Waals surface area contributed by atoms with Crippen molar-refractivity contribution in [3.8, 4) is 5.75 Å². The van der Waals surface area contributed by atoms with Crippen LogP contribution in [-0.4, -0.2) is 38.7 Å². The molecule has 3 nitrogen and oxygen atoms in total. The van der Waals surface area contributed by atoms with E-state index in [1.807, 2.05) is 6.07 Å². The van der Waals surface area contributed by atoms with E-state index >= 15 is 0 Å². The molecule has 1 aromatic carbocycles. The second-order valence-corrected chi connectivity index (χ2v) is 6.11. The zero-order chi connectivity index (χ0) is 15.2. The molecule has 0 aromatic heterocycles. The first-order chi connectivity index (χ1) is 10.1. The molecule has 0 spiro atoms. The molecule has 1 aliphatic carbocycles. The van der Waals surface area contributed by atoms with Crippen molar-refractivity contribution in [3.63, 3.8) is 0 Å². The molecule has 1 N–H and O–H groups in total. The predicted molar refractivity (Wildman–Crippen MR) is 84.1 cm³/mol. The number of rotatable bonds is 6. The maximum Gasteiger partial charge on any atom is 0.165 e. The van der Waals surface area contributed by atoms with E-state index in [9.17, 15) is 4.39 Å². The summed E-state index contributed by atoms with van der Waals surface area (Å²) in [6.45, 7) is 1.83. The maximum atomic E-state index is 13.7. The van der Waals surface area contributed by atoms with E-state index in [2.05, 4.69) is 24.3 Å². The van der Waals surface area contributed by atoms with E-state index in [1.165, 1.54) is 32.8 Å². The Labute approximate surface area is 127 Å². The summed E-state index contributed by atoms with van der Waals surface area (Å²) in [5.41, 5.74) is 0.993. The van der Waals surface area contributed by atoms with E-state index in [4.69, 9.17) is 4.74 Å². The van der Waals surface area contributed by atoms with Crippen molar-refractivity contribution in [1.82, 2.24) is 10.2 Å². The number of ether oxygens (including phenoxy) is 1. The minimum Gasteiger partial charge on any atom is -0.494 e. The summed E-state index contributed by atoms with van der Waals surface area (Å²) >= 11 is 0. The lowest BCUT2D eigenvalue weighted by Gasteiger charge is -2.34. The van der Waals surface area contributed by atoms with Gasteiger partial charge in [0, 0.05) is 19.1 Å². The van der Waals surface area contributed by atoms with Crippen LogP contribution >= 0.6 is 0 Å². The zero-order valence-electron chi connectivity index (χ0n) is 13.4. The summed E-state index contributed by atoms with van der Waals surface area (Å²) in [7, 11) is 5.66. The Morgan fingerprint density at radius 3 is 2.76 bits per heavy atom. The first-order valence-electron chi connectivity index (χ1n) is 7.82. The molecule has 0 radical (unpaired) electrons. The van der Waals surface area contributed by atoms with E-state index < -0.39 is 0 Å². The molecule has 1 fully saturated rings. The molecular formula is C17H27FN2O. The molecule has 4 heteroatoms. The normalized spacial score (nSPS) is 22.5. The van der Waals surface area contributed by atoms with Crippen molar-refractivity contribution in [3.05, 3.63) is 29.6 Å². The van der Waals surface area contributed by atoms with Gasteiger partial charge >= 0.3 is 0 Å². The molecule has 2 unspecified atom stereocenters. The highest BCUT2D eigenvalue weighted by Crippen LogP contribution is 2.25. The molecule has 0 bridgehead atoms. The van der Waals surface area contributed by atoms with E-state index in [-0.39, 0.29) is 5.82 Å². The molecule has 1 aliphatic rings. The van der Waals surface area contributed by atoms with Gasteiger partial charge in [-0.1, -0.05) is 18.9 Å². The van der Waals surface area contributed by atoms with Crippen LogP contribution in [0.3, 0.4) is 0 Å². The smallest absolute Gasteiger partial charge is 0.165 e. The average Bonchev–Trinajstić information content (AvgIpc) is 2.48. The van der Waals surface area contributed by atoms with Gasteiger partial charge in [0.05, 0.1) is 7.11 Å². The molecule has 1 saturated carbocycles. The fourth-order valence-corrected chi connectivity index (χ4v) is 3.39. The highest BCUT2D eigenvalue weighted by atomic mass is 19.1. The lowest BCUT2D eigenvalue weighted by Crippen LogP contribution is -2.41. The molecule has 0 saturated heterocycles. The summed E-state index contributed by atoms with van der Waals surface area (Å²) in [5, 5.41) is 3.44. The molecule has 2 rings (SSSR count). The standard InChI is InChI=1S/C17H27FN2O/c1-19-16-7-5-4-6-14(16)12-20(2)11-13-8-9-17(21-3)15(18)10-13/h8-10,14,16,19H,4-7,11-12H2,1-3H3. The Balaban J connectivity index is 1.91. The molecule has 118 valence electrons. The molecule has 0 aliphatic heterocycles. The van der Waals surface area contributed by atoms with Gasteiger partial charge in [0.1, 0.15) is 0 Å². The molecular weight excluding hydrogens is 267 g/mol. The molecule has 0 heterocycles. The molecule has 2 atom stereocenters. The van der Waals surface area contributed by atoms with Crippen molar-refractivity contribution < 1.29 is 9.13 Å². The van der Waals surface area contributed by atoms with E-state index in [0.29, 0.717) is 17.7 Å². The van der Waals surface area contributed by atoms with Crippen molar-refractivity contribution in [2.24, 2.45) is 5.92 Å². The highest BCUT2D eigenvalue weighted by molar-refractivity contribution is 5.29. The maximum absolute atomic E-state index is 13.7. The first-order valence-corrected chi connectivity index (χ1v) is 7.82. The van der Waals surface area contributed by atoms with Crippen molar-refractivity contribution in [1.29, 1.82) is 0 Å². The van der Waals surface area contributed by atoms with Crippen LogP contribution in [0.1, 0.15) is 31.2 Å². The van der Waals surface area contributed by atoms with E-state index in [0.717, 1.165) is 18.7 Å². The van der Waals surface area contributed by atoms with Crippen molar-refractivity contribution in [2.75, 3.05) is 27.7 Å². The van der Waals surface area contributed by atoms with Crippen molar-refractivity contribution in [2.45, 2.75) is 38.3 Å². The molecule has 21 heavy (non-hydrogen) atoms. The number of nitrogens with zero attached hydrogens (tertiary/aromatic N) is 1. The van der Waals surface area contributed by atoms with Gasteiger partial charge in [0.25, 0.3) is 0 Å². The van der Waals surface area contributed by atoms with Gasteiger partial charge in [-0.15, -0.1) is 0 Å². The van der Waals surface area contributed by atoms with Crippen LogP contribution in [0.5, 0.6) is 5.75 Å². The lowest BCUT2D eigenvalue weighted by atomic mass is 9.84. The quantitative estimate of drug-likeness (QED) is 0.873. The van der Waals surface area contributed by atoms with Gasteiger partial charge in [0.15, 0.2) is 11.6 Å².